The third kappa shape index (κ3) is 2.95. The van der Waals surface area contributed by atoms with E-state index >= 15 is 0 Å². The molecule has 0 spiro atoms. The van der Waals surface area contributed by atoms with E-state index in [0.717, 1.165) is 34.6 Å². The largest absolute Gasteiger partial charge is 0.366 e. The molecule has 4 aromatic rings. The third-order valence-corrected chi connectivity index (χ3v) is 5.36. The maximum absolute atomic E-state index is 14.7. The van der Waals surface area contributed by atoms with Crippen LogP contribution >= 0.6 is 0 Å². The Morgan fingerprint density at radius 3 is 2.61 bits per heavy atom. The topological polar surface area (TPSA) is 48.0 Å². The van der Waals surface area contributed by atoms with E-state index in [1.165, 1.54) is 5.56 Å². The summed E-state index contributed by atoms with van der Waals surface area (Å²) < 4.78 is 16.8. The first-order chi connectivity index (χ1) is 13.5. The van der Waals surface area contributed by atoms with Gasteiger partial charge in [0.1, 0.15) is 5.82 Å². The normalized spacial score (nSPS) is 11.4. The van der Waals surface area contributed by atoms with Crippen LogP contribution in [0.25, 0.3) is 21.8 Å². The van der Waals surface area contributed by atoms with Gasteiger partial charge in [0.15, 0.2) is 0 Å². The Balaban J connectivity index is 2.04. The first-order valence-corrected chi connectivity index (χ1v) is 9.59. The van der Waals surface area contributed by atoms with Crippen LogP contribution in [-0.4, -0.2) is 10.5 Å². The number of aryl methyl sites for hydroxylation is 2. The summed E-state index contributed by atoms with van der Waals surface area (Å²) in [5.74, 6) is -0.641. The van der Waals surface area contributed by atoms with Crippen LogP contribution in [0.2, 0.25) is 0 Å². The van der Waals surface area contributed by atoms with E-state index in [2.05, 4.69) is 29.7 Å². The van der Waals surface area contributed by atoms with Crippen molar-refractivity contribution in [3.05, 3.63) is 82.7 Å². The number of benzene rings is 3. The number of carbonyl (C=O) groups is 1. The summed E-state index contributed by atoms with van der Waals surface area (Å²) in [6, 6.07) is 17.3. The Labute approximate surface area is 163 Å². The van der Waals surface area contributed by atoms with Gasteiger partial charge in [-0.1, -0.05) is 49.7 Å². The van der Waals surface area contributed by atoms with Crippen LogP contribution in [0.5, 0.6) is 0 Å². The predicted molar refractivity (Wildman–Crippen MR) is 112 cm³/mol. The summed E-state index contributed by atoms with van der Waals surface area (Å²) >= 11 is 0. The predicted octanol–water partition coefficient (Wildman–Crippen LogP) is 5.34. The van der Waals surface area contributed by atoms with Crippen LogP contribution < -0.4 is 5.73 Å². The lowest BCUT2D eigenvalue weighted by Gasteiger charge is -2.11. The zero-order valence-corrected chi connectivity index (χ0v) is 16.1. The molecule has 1 aromatic heterocycles. The second-order valence-electron chi connectivity index (χ2n) is 7.30. The van der Waals surface area contributed by atoms with E-state index in [-0.39, 0.29) is 5.82 Å². The van der Waals surface area contributed by atoms with Gasteiger partial charge in [-0.3, -0.25) is 4.79 Å². The van der Waals surface area contributed by atoms with Crippen LogP contribution in [0.3, 0.4) is 0 Å². The molecule has 3 aromatic carbocycles. The maximum atomic E-state index is 14.7. The summed E-state index contributed by atoms with van der Waals surface area (Å²) in [5.41, 5.74) is 10.5. The van der Waals surface area contributed by atoms with Gasteiger partial charge in [0.25, 0.3) is 0 Å². The van der Waals surface area contributed by atoms with Gasteiger partial charge in [-0.05, 0) is 42.7 Å². The number of nitrogens with zero attached hydrogens (tertiary/aromatic N) is 1. The van der Waals surface area contributed by atoms with Gasteiger partial charge in [-0.2, -0.15) is 0 Å². The van der Waals surface area contributed by atoms with Crippen molar-refractivity contribution in [3.63, 3.8) is 0 Å². The van der Waals surface area contributed by atoms with E-state index in [1.807, 2.05) is 24.3 Å². The smallest absolute Gasteiger partial charge is 0.249 e. The number of nitrogens with two attached hydrogens (primary N) is 1. The zero-order chi connectivity index (χ0) is 19.8. The highest BCUT2D eigenvalue weighted by atomic mass is 19.1. The minimum Gasteiger partial charge on any atom is -0.366 e. The summed E-state index contributed by atoms with van der Waals surface area (Å²) in [6.45, 7) is 4.31. The number of halogens is 1. The fourth-order valence-electron chi connectivity index (χ4n) is 4.01. The number of fused-ring (bicyclic) bond motifs is 3. The average Bonchev–Trinajstić information content (AvgIpc) is 2.99. The molecule has 4 rings (SSSR count). The molecular weight excluding hydrogens is 351 g/mol. The standard InChI is InChI=1S/C24H23FN2O/c1-3-6-16-11-12-18-21(13-16)27(14-17-8-4-7-15(2)23(17)25)20-10-5-9-19(22(18)20)24(26)28/h4-5,7-13H,3,6,14H2,1-2H3,(H2,26,28). The summed E-state index contributed by atoms with van der Waals surface area (Å²) in [4.78, 5) is 12.0. The molecule has 0 radical (unpaired) electrons. The van der Waals surface area contributed by atoms with Gasteiger partial charge >= 0.3 is 0 Å². The van der Waals surface area contributed by atoms with Gasteiger partial charge in [-0.15, -0.1) is 0 Å². The van der Waals surface area contributed by atoms with E-state index in [4.69, 9.17) is 5.73 Å². The second kappa shape index (κ2) is 7.12. The quantitative estimate of drug-likeness (QED) is 0.503. The van der Waals surface area contributed by atoms with Crippen molar-refractivity contribution >= 4 is 27.7 Å². The number of primary amides is 1. The molecule has 0 atom stereocenters. The molecule has 1 amide bonds. The zero-order valence-electron chi connectivity index (χ0n) is 16.1. The fourth-order valence-corrected chi connectivity index (χ4v) is 4.01. The number of amides is 1. The van der Waals surface area contributed by atoms with Gasteiger partial charge < -0.3 is 10.3 Å². The van der Waals surface area contributed by atoms with Crippen LogP contribution in [0.4, 0.5) is 4.39 Å². The Hall–Kier alpha value is -3.14. The molecule has 0 aliphatic heterocycles. The number of rotatable bonds is 5. The summed E-state index contributed by atoms with van der Waals surface area (Å²) in [5, 5.41) is 1.80. The second-order valence-corrected chi connectivity index (χ2v) is 7.30. The highest BCUT2D eigenvalue weighted by Gasteiger charge is 2.18. The first kappa shape index (κ1) is 18.2. The van der Waals surface area contributed by atoms with Crippen molar-refractivity contribution in [2.24, 2.45) is 5.73 Å². The summed E-state index contributed by atoms with van der Waals surface area (Å²) in [7, 11) is 0. The number of hydrogen-bond acceptors (Lipinski definition) is 1. The monoisotopic (exact) mass is 374 g/mol. The lowest BCUT2D eigenvalue weighted by Crippen LogP contribution is -2.11. The van der Waals surface area contributed by atoms with Crippen molar-refractivity contribution in [1.82, 2.24) is 4.57 Å². The molecule has 0 aliphatic carbocycles. The molecule has 142 valence electrons. The van der Waals surface area contributed by atoms with Crippen molar-refractivity contribution in [2.45, 2.75) is 33.2 Å². The summed E-state index contributed by atoms with van der Waals surface area (Å²) in [6.07, 6.45) is 2.02. The molecule has 0 saturated heterocycles. The number of hydrogen-bond donors (Lipinski definition) is 1. The van der Waals surface area contributed by atoms with E-state index in [1.54, 1.807) is 19.1 Å². The minimum absolute atomic E-state index is 0.187. The lowest BCUT2D eigenvalue weighted by atomic mass is 10.0. The fraction of sp³-hybridized carbons (Fsp3) is 0.208. The number of carbonyl (C=O) groups excluding carboxylic acids is 1. The van der Waals surface area contributed by atoms with Crippen LogP contribution in [0.1, 0.15) is 40.4 Å². The van der Waals surface area contributed by atoms with E-state index in [0.29, 0.717) is 23.2 Å². The molecule has 0 fully saturated rings. The molecule has 28 heavy (non-hydrogen) atoms. The van der Waals surface area contributed by atoms with Crippen molar-refractivity contribution in [3.8, 4) is 0 Å². The molecule has 1 heterocycles. The molecule has 0 unspecified atom stereocenters. The van der Waals surface area contributed by atoms with Gasteiger partial charge in [0, 0.05) is 27.4 Å². The molecule has 0 bridgehead atoms. The molecule has 3 nitrogen and oxygen atoms in total. The van der Waals surface area contributed by atoms with Crippen LogP contribution in [0.15, 0.2) is 54.6 Å². The highest BCUT2D eigenvalue weighted by Crippen LogP contribution is 2.33. The van der Waals surface area contributed by atoms with Gasteiger partial charge in [0.05, 0.1) is 12.1 Å². The first-order valence-electron chi connectivity index (χ1n) is 9.59. The van der Waals surface area contributed by atoms with Crippen molar-refractivity contribution < 1.29 is 9.18 Å². The molecule has 2 N–H and O–H groups in total. The van der Waals surface area contributed by atoms with E-state index < -0.39 is 5.91 Å². The molecule has 4 heteroatoms. The van der Waals surface area contributed by atoms with Gasteiger partial charge in [-0.25, -0.2) is 4.39 Å². The average molecular weight is 374 g/mol. The Bertz CT molecular complexity index is 1210. The van der Waals surface area contributed by atoms with Crippen molar-refractivity contribution in [2.75, 3.05) is 0 Å². The Morgan fingerprint density at radius 1 is 1.07 bits per heavy atom. The minimum atomic E-state index is -0.455. The van der Waals surface area contributed by atoms with Gasteiger partial charge in [0.2, 0.25) is 5.91 Å². The third-order valence-electron chi connectivity index (χ3n) is 5.36. The molecular formula is C24H23FN2O. The maximum Gasteiger partial charge on any atom is 0.249 e. The van der Waals surface area contributed by atoms with Crippen LogP contribution in [-0.2, 0) is 13.0 Å². The Morgan fingerprint density at radius 2 is 1.86 bits per heavy atom. The molecule has 0 aliphatic rings. The Kier molecular flexibility index (Phi) is 4.63. The SMILES string of the molecule is CCCc1ccc2c3c(C(N)=O)cccc3n(Cc3cccc(C)c3F)c2c1. The van der Waals surface area contributed by atoms with E-state index in [9.17, 15) is 9.18 Å². The number of aromatic nitrogens is 1. The lowest BCUT2D eigenvalue weighted by molar-refractivity contribution is 0.100. The highest BCUT2D eigenvalue weighted by molar-refractivity contribution is 6.18. The van der Waals surface area contributed by atoms with Crippen LogP contribution in [0, 0.1) is 12.7 Å². The van der Waals surface area contributed by atoms with Crippen molar-refractivity contribution in [1.29, 1.82) is 0 Å². The molecule has 0 saturated carbocycles.